The minimum absolute atomic E-state index is 0.133. The fourth-order valence-corrected chi connectivity index (χ4v) is 5.44. The first-order chi connectivity index (χ1) is 13.9. The Balaban J connectivity index is 1.43. The normalized spacial score (nSPS) is 19.1. The van der Waals surface area contributed by atoms with Crippen LogP contribution in [-0.4, -0.2) is 69.4 Å². The lowest BCUT2D eigenvalue weighted by Gasteiger charge is -2.44. The molecule has 0 bridgehead atoms. The standard InChI is InChI=1S/C21H28N4O3S/c1-24(2)20-22-16-17-8-14-28-21(19(17)23-20)9-11-25(12-10-21)13-15-29(26,27)18-6-4-3-5-7-18/h3-7,16H,8-15H2,1-2H3. The highest BCUT2D eigenvalue weighted by atomic mass is 32.2. The summed E-state index contributed by atoms with van der Waals surface area (Å²) in [5.74, 6) is 0.832. The van der Waals surface area contributed by atoms with Crippen LogP contribution in [0.15, 0.2) is 41.4 Å². The average molecular weight is 417 g/mol. The highest BCUT2D eigenvalue weighted by Crippen LogP contribution is 2.40. The Morgan fingerprint density at radius 3 is 2.59 bits per heavy atom. The molecule has 1 spiro atoms. The Labute approximate surface area is 172 Å². The molecule has 4 rings (SSSR count). The zero-order chi connectivity index (χ0) is 20.5. The Morgan fingerprint density at radius 2 is 1.90 bits per heavy atom. The maximum atomic E-state index is 12.6. The maximum absolute atomic E-state index is 12.6. The molecule has 0 radical (unpaired) electrons. The van der Waals surface area contributed by atoms with E-state index in [1.807, 2.05) is 31.3 Å². The molecule has 2 aliphatic rings. The summed E-state index contributed by atoms with van der Waals surface area (Å²) in [5, 5.41) is 0. The van der Waals surface area contributed by atoms with E-state index >= 15 is 0 Å². The van der Waals surface area contributed by atoms with E-state index < -0.39 is 9.84 Å². The first kappa shape index (κ1) is 20.3. The summed E-state index contributed by atoms with van der Waals surface area (Å²) in [6.07, 6.45) is 4.40. The second-order valence-electron chi connectivity index (χ2n) is 8.00. The number of sulfone groups is 1. The summed E-state index contributed by atoms with van der Waals surface area (Å²) in [4.78, 5) is 13.8. The summed E-state index contributed by atoms with van der Waals surface area (Å²) in [7, 11) is 0.621. The third kappa shape index (κ3) is 4.15. The Kier molecular flexibility index (Phi) is 5.59. The van der Waals surface area contributed by atoms with Gasteiger partial charge in [-0.2, -0.15) is 0 Å². The number of benzene rings is 1. The maximum Gasteiger partial charge on any atom is 0.225 e. The SMILES string of the molecule is CN(C)c1ncc2c(n1)C1(CCN(CCS(=O)(=O)c3ccccc3)CC1)OCC2. The molecule has 3 heterocycles. The van der Waals surface area contributed by atoms with Gasteiger partial charge in [-0.1, -0.05) is 18.2 Å². The summed E-state index contributed by atoms with van der Waals surface area (Å²) in [6.45, 7) is 2.81. The van der Waals surface area contributed by atoms with Gasteiger partial charge in [0, 0.05) is 39.9 Å². The molecular formula is C21H28N4O3S. The molecule has 7 nitrogen and oxygen atoms in total. The first-order valence-electron chi connectivity index (χ1n) is 10.1. The zero-order valence-electron chi connectivity index (χ0n) is 17.0. The van der Waals surface area contributed by atoms with Gasteiger partial charge in [0.2, 0.25) is 5.95 Å². The van der Waals surface area contributed by atoms with Crippen LogP contribution in [0.25, 0.3) is 0 Å². The third-order valence-electron chi connectivity index (χ3n) is 5.88. The van der Waals surface area contributed by atoms with Crippen LogP contribution in [-0.2, 0) is 26.6 Å². The van der Waals surface area contributed by atoms with Crippen LogP contribution in [0.3, 0.4) is 0 Å². The number of aromatic nitrogens is 2. The van der Waals surface area contributed by atoms with Crippen molar-refractivity contribution in [1.29, 1.82) is 0 Å². The minimum atomic E-state index is -3.26. The molecule has 0 N–H and O–H groups in total. The predicted octanol–water partition coefficient (Wildman–Crippen LogP) is 1.88. The highest BCUT2D eigenvalue weighted by Gasteiger charge is 2.42. The molecule has 1 aromatic carbocycles. The van der Waals surface area contributed by atoms with Crippen LogP contribution in [0.1, 0.15) is 24.1 Å². The number of piperidine rings is 1. The molecule has 0 unspecified atom stereocenters. The van der Waals surface area contributed by atoms with Gasteiger partial charge in [-0.05, 0) is 37.0 Å². The van der Waals surface area contributed by atoms with Crippen LogP contribution in [0.5, 0.6) is 0 Å². The Bertz CT molecular complexity index is 955. The van der Waals surface area contributed by atoms with Crippen LogP contribution >= 0.6 is 0 Å². The van der Waals surface area contributed by atoms with Crippen molar-refractivity contribution in [2.45, 2.75) is 29.8 Å². The molecule has 2 aliphatic heterocycles. The van der Waals surface area contributed by atoms with Crippen LogP contribution in [0, 0.1) is 0 Å². The van der Waals surface area contributed by atoms with Gasteiger partial charge in [-0.25, -0.2) is 18.4 Å². The molecule has 1 fully saturated rings. The lowest BCUT2D eigenvalue weighted by molar-refractivity contribution is -0.100. The van der Waals surface area contributed by atoms with Gasteiger partial charge in [0.1, 0.15) is 5.60 Å². The largest absolute Gasteiger partial charge is 0.368 e. The Morgan fingerprint density at radius 1 is 1.17 bits per heavy atom. The quantitative estimate of drug-likeness (QED) is 0.737. The van der Waals surface area contributed by atoms with E-state index in [2.05, 4.69) is 9.88 Å². The van der Waals surface area contributed by atoms with Gasteiger partial charge in [0.25, 0.3) is 0 Å². The number of anilines is 1. The van der Waals surface area contributed by atoms with Crippen molar-refractivity contribution in [3.8, 4) is 0 Å². The number of ether oxygens (including phenoxy) is 1. The summed E-state index contributed by atoms with van der Waals surface area (Å²) < 4.78 is 31.4. The lowest BCUT2D eigenvalue weighted by atomic mass is 9.83. The van der Waals surface area contributed by atoms with E-state index in [1.165, 1.54) is 5.56 Å². The third-order valence-corrected chi connectivity index (χ3v) is 7.59. The van der Waals surface area contributed by atoms with E-state index in [9.17, 15) is 8.42 Å². The number of hydrogen-bond acceptors (Lipinski definition) is 7. The fraction of sp³-hybridized carbons (Fsp3) is 0.524. The molecule has 2 aromatic rings. The molecule has 0 aliphatic carbocycles. The molecule has 0 atom stereocenters. The highest BCUT2D eigenvalue weighted by molar-refractivity contribution is 7.91. The van der Waals surface area contributed by atoms with Crippen molar-refractivity contribution in [1.82, 2.24) is 14.9 Å². The average Bonchev–Trinajstić information content (AvgIpc) is 2.74. The van der Waals surface area contributed by atoms with Crippen molar-refractivity contribution < 1.29 is 13.2 Å². The summed E-state index contributed by atoms with van der Waals surface area (Å²) in [5.41, 5.74) is 1.80. The Hall–Kier alpha value is -2.03. The van der Waals surface area contributed by atoms with Crippen molar-refractivity contribution >= 4 is 15.8 Å². The number of rotatable bonds is 5. The van der Waals surface area contributed by atoms with Gasteiger partial charge in [0.15, 0.2) is 9.84 Å². The van der Waals surface area contributed by atoms with E-state index in [0.717, 1.165) is 38.0 Å². The van der Waals surface area contributed by atoms with E-state index in [4.69, 9.17) is 9.72 Å². The molecule has 8 heteroatoms. The monoisotopic (exact) mass is 416 g/mol. The molecule has 0 saturated carbocycles. The second kappa shape index (κ2) is 8.01. The van der Waals surface area contributed by atoms with E-state index in [-0.39, 0.29) is 11.4 Å². The van der Waals surface area contributed by atoms with Gasteiger partial charge in [-0.3, -0.25) is 0 Å². The molecule has 29 heavy (non-hydrogen) atoms. The van der Waals surface area contributed by atoms with Crippen molar-refractivity contribution in [2.75, 3.05) is 51.0 Å². The van der Waals surface area contributed by atoms with Crippen molar-refractivity contribution in [3.63, 3.8) is 0 Å². The molecule has 0 amide bonds. The molecule has 156 valence electrons. The number of fused-ring (bicyclic) bond motifs is 2. The van der Waals surface area contributed by atoms with Gasteiger partial charge in [-0.15, -0.1) is 0 Å². The van der Waals surface area contributed by atoms with E-state index in [0.29, 0.717) is 24.0 Å². The number of nitrogens with zero attached hydrogens (tertiary/aromatic N) is 4. The number of likely N-dealkylation sites (tertiary alicyclic amines) is 1. The first-order valence-corrected chi connectivity index (χ1v) is 11.7. The van der Waals surface area contributed by atoms with Gasteiger partial charge >= 0.3 is 0 Å². The number of hydrogen-bond donors (Lipinski definition) is 0. The second-order valence-corrected chi connectivity index (χ2v) is 10.1. The summed E-state index contributed by atoms with van der Waals surface area (Å²) in [6, 6.07) is 8.68. The van der Waals surface area contributed by atoms with Gasteiger partial charge < -0.3 is 14.5 Å². The lowest BCUT2D eigenvalue weighted by Crippen LogP contribution is -2.48. The van der Waals surface area contributed by atoms with Crippen LogP contribution < -0.4 is 4.90 Å². The van der Waals surface area contributed by atoms with E-state index in [1.54, 1.807) is 24.3 Å². The fourth-order valence-electron chi connectivity index (χ4n) is 4.13. The van der Waals surface area contributed by atoms with Crippen LogP contribution in [0.2, 0.25) is 0 Å². The van der Waals surface area contributed by atoms with Crippen molar-refractivity contribution in [3.05, 3.63) is 47.8 Å². The van der Waals surface area contributed by atoms with Crippen molar-refractivity contribution in [2.24, 2.45) is 0 Å². The molecule has 1 aromatic heterocycles. The zero-order valence-corrected chi connectivity index (χ0v) is 17.9. The van der Waals surface area contributed by atoms with Crippen LogP contribution in [0.4, 0.5) is 5.95 Å². The van der Waals surface area contributed by atoms with Gasteiger partial charge in [0.05, 0.1) is 22.9 Å². The molecular weight excluding hydrogens is 388 g/mol. The molecule has 1 saturated heterocycles. The predicted molar refractivity (Wildman–Crippen MR) is 112 cm³/mol. The smallest absolute Gasteiger partial charge is 0.225 e. The topological polar surface area (TPSA) is 75.6 Å². The minimum Gasteiger partial charge on any atom is -0.368 e. The summed E-state index contributed by atoms with van der Waals surface area (Å²) >= 11 is 0.